The van der Waals surface area contributed by atoms with Crippen molar-refractivity contribution in [3.63, 3.8) is 0 Å². The Labute approximate surface area is 110 Å². The number of nitrogens with one attached hydrogen (secondary N) is 1. The minimum absolute atomic E-state index is 0.192. The molecule has 1 aliphatic heterocycles. The topological polar surface area (TPSA) is 44.8 Å². The molecule has 0 bridgehead atoms. The molecule has 1 heterocycles. The summed E-state index contributed by atoms with van der Waals surface area (Å²) in [5.41, 5.74) is 0. The molecule has 0 aliphatic carbocycles. The monoisotopic (exact) mass is 257 g/mol. The van der Waals surface area contributed by atoms with E-state index < -0.39 is 0 Å². The van der Waals surface area contributed by atoms with E-state index in [1.807, 2.05) is 13.8 Å². The van der Waals surface area contributed by atoms with Crippen LogP contribution in [0.3, 0.4) is 0 Å². The first-order chi connectivity index (χ1) is 8.71. The SMILES string of the molecule is CCOC(=O)N(CC)CC[C@H]1CN(CC)CCN1. The molecule has 106 valence electrons. The Kier molecular flexibility index (Phi) is 7.05. The molecule has 0 spiro atoms. The highest BCUT2D eigenvalue weighted by atomic mass is 16.6. The van der Waals surface area contributed by atoms with Crippen molar-refractivity contribution in [3.05, 3.63) is 0 Å². The van der Waals surface area contributed by atoms with E-state index in [-0.39, 0.29) is 6.09 Å². The van der Waals surface area contributed by atoms with Crippen molar-refractivity contribution in [3.8, 4) is 0 Å². The van der Waals surface area contributed by atoms with E-state index in [4.69, 9.17) is 4.74 Å². The van der Waals surface area contributed by atoms with Crippen LogP contribution in [0.4, 0.5) is 4.79 Å². The van der Waals surface area contributed by atoms with Crippen LogP contribution in [0, 0.1) is 0 Å². The smallest absolute Gasteiger partial charge is 0.409 e. The largest absolute Gasteiger partial charge is 0.450 e. The molecule has 1 saturated heterocycles. The van der Waals surface area contributed by atoms with Gasteiger partial charge in [-0.25, -0.2) is 4.79 Å². The van der Waals surface area contributed by atoms with Crippen molar-refractivity contribution in [2.75, 3.05) is 45.9 Å². The van der Waals surface area contributed by atoms with Crippen molar-refractivity contribution < 1.29 is 9.53 Å². The van der Waals surface area contributed by atoms with Crippen molar-refractivity contribution in [2.24, 2.45) is 0 Å². The molecule has 0 unspecified atom stereocenters. The third kappa shape index (κ3) is 4.82. The number of hydrogen-bond acceptors (Lipinski definition) is 4. The zero-order valence-electron chi connectivity index (χ0n) is 11.9. The molecule has 1 rings (SSSR count). The van der Waals surface area contributed by atoms with Gasteiger partial charge in [0.15, 0.2) is 0 Å². The number of hydrogen-bond donors (Lipinski definition) is 1. The summed E-state index contributed by atoms with van der Waals surface area (Å²) in [6.07, 6.45) is 0.798. The Balaban J connectivity index is 2.31. The Morgan fingerprint density at radius 1 is 1.44 bits per heavy atom. The first kappa shape index (κ1) is 15.2. The fraction of sp³-hybridized carbons (Fsp3) is 0.923. The summed E-state index contributed by atoms with van der Waals surface area (Å²) in [5, 5.41) is 3.51. The summed E-state index contributed by atoms with van der Waals surface area (Å²) in [6, 6.07) is 0.488. The highest BCUT2D eigenvalue weighted by molar-refractivity contribution is 5.67. The van der Waals surface area contributed by atoms with E-state index in [0.717, 1.165) is 39.1 Å². The molecular weight excluding hydrogens is 230 g/mol. The van der Waals surface area contributed by atoms with Gasteiger partial charge in [0.1, 0.15) is 0 Å². The molecule has 1 amide bonds. The number of rotatable bonds is 6. The number of piperazine rings is 1. The van der Waals surface area contributed by atoms with Gasteiger partial charge in [-0.05, 0) is 26.8 Å². The second-order valence-corrected chi connectivity index (χ2v) is 4.61. The van der Waals surface area contributed by atoms with E-state index in [1.54, 1.807) is 4.90 Å². The van der Waals surface area contributed by atoms with Gasteiger partial charge in [0.25, 0.3) is 0 Å². The lowest BCUT2D eigenvalue weighted by Crippen LogP contribution is -2.51. The van der Waals surface area contributed by atoms with Crippen LogP contribution < -0.4 is 5.32 Å². The van der Waals surface area contributed by atoms with Crippen molar-refractivity contribution in [1.29, 1.82) is 0 Å². The number of amides is 1. The quantitative estimate of drug-likeness (QED) is 0.775. The van der Waals surface area contributed by atoms with E-state index in [9.17, 15) is 4.79 Å². The summed E-state index contributed by atoms with van der Waals surface area (Å²) < 4.78 is 5.03. The minimum atomic E-state index is -0.192. The molecule has 0 aromatic rings. The van der Waals surface area contributed by atoms with Gasteiger partial charge in [-0.15, -0.1) is 0 Å². The molecule has 1 fully saturated rings. The maximum atomic E-state index is 11.6. The number of nitrogens with zero attached hydrogens (tertiary/aromatic N) is 2. The first-order valence-corrected chi connectivity index (χ1v) is 7.08. The summed E-state index contributed by atoms with van der Waals surface area (Å²) in [5.74, 6) is 0. The van der Waals surface area contributed by atoms with Crippen molar-refractivity contribution >= 4 is 6.09 Å². The van der Waals surface area contributed by atoms with Crippen molar-refractivity contribution in [1.82, 2.24) is 15.1 Å². The predicted octanol–water partition coefficient (Wildman–Crippen LogP) is 1.15. The lowest BCUT2D eigenvalue weighted by Gasteiger charge is -2.33. The molecular formula is C13H27N3O2. The number of carbonyl (C=O) groups excluding carboxylic acids is 1. The summed E-state index contributed by atoms with van der Waals surface area (Å²) in [7, 11) is 0. The molecule has 0 aromatic carbocycles. The summed E-state index contributed by atoms with van der Waals surface area (Å²) in [6.45, 7) is 12.3. The molecule has 0 aromatic heterocycles. The first-order valence-electron chi connectivity index (χ1n) is 7.08. The Morgan fingerprint density at radius 2 is 2.22 bits per heavy atom. The highest BCUT2D eigenvalue weighted by Crippen LogP contribution is 2.05. The Morgan fingerprint density at radius 3 is 2.83 bits per heavy atom. The van der Waals surface area contributed by atoms with E-state index in [0.29, 0.717) is 19.2 Å². The van der Waals surface area contributed by atoms with E-state index >= 15 is 0 Å². The summed E-state index contributed by atoms with van der Waals surface area (Å²) >= 11 is 0. The predicted molar refractivity (Wildman–Crippen MR) is 72.8 cm³/mol. The third-order valence-electron chi connectivity index (χ3n) is 3.44. The third-order valence-corrected chi connectivity index (χ3v) is 3.44. The van der Waals surface area contributed by atoms with Crippen LogP contribution in [-0.4, -0.2) is 67.8 Å². The average molecular weight is 257 g/mol. The second-order valence-electron chi connectivity index (χ2n) is 4.61. The van der Waals surface area contributed by atoms with Crippen molar-refractivity contribution in [2.45, 2.75) is 33.2 Å². The van der Waals surface area contributed by atoms with Crippen LogP contribution in [0.5, 0.6) is 0 Å². The molecule has 18 heavy (non-hydrogen) atoms. The number of carbonyl (C=O) groups is 1. The maximum absolute atomic E-state index is 11.6. The normalized spacial score (nSPS) is 20.7. The molecule has 0 radical (unpaired) electrons. The van der Waals surface area contributed by atoms with E-state index in [1.165, 1.54) is 0 Å². The zero-order valence-corrected chi connectivity index (χ0v) is 11.9. The maximum Gasteiger partial charge on any atom is 0.409 e. The van der Waals surface area contributed by atoms with Crippen LogP contribution >= 0.6 is 0 Å². The lowest BCUT2D eigenvalue weighted by atomic mass is 10.1. The van der Waals surface area contributed by atoms with Crippen LogP contribution in [0.25, 0.3) is 0 Å². The standard InChI is InChI=1S/C13H27N3O2/c1-4-15-10-8-14-12(11-15)7-9-16(5-2)13(17)18-6-3/h12,14H,4-11H2,1-3H3/t12-/m0/s1. The van der Waals surface area contributed by atoms with Crippen LogP contribution in [0.1, 0.15) is 27.2 Å². The van der Waals surface area contributed by atoms with Gasteiger partial charge in [-0.1, -0.05) is 6.92 Å². The van der Waals surface area contributed by atoms with Crippen LogP contribution in [0.2, 0.25) is 0 Å². The zero-order chi connectivity index (χ0) is 13.4. The molecule has 1 atom stereocenters. The Hall–Kier alpha value is -0.810. The number of ether oxygens (including phenoxy) is 1. The minimum Gasteiger partial charge on any atom is -0.450 e. The van der Waals surface area contributed by atoms with Gasteiger partial charge in [0, 0.05) is 38.8 Å². The van der Waals surface area contributed by atoms with Gasteiger partial charge in [0.2, 0.25) is 0 Å². The lowest BCUT2D eigenvalue weighted by molar-refractivity contribution is 0.105. The van der Waals surface area contributed by atoms with Gasteiger partial charge < -0.3 is 19.9 Å². The van der Waals surface area contributed by atoms with E-state index in [2.05, 4.69) is 17.1 Å². The number of likely N-dealkylation sites (N-methyl/N-ethyl adjacent to an activating group) is 1. The highest BCUT2D eigenvalue weighted by Gasteiger charge is 2.20. The average Bonchev–Trinajstić information content (AvgIpc) is 2.40. The van der Waals surface area contributed by atoms with Gasteiger partial charge in [0.05, 0.1) is 6.61 Å². The van der Waals surface area contributed by atoms with Gasteiger partial charge in [-0.2, -0.15) is 0 Å². The van der Waals surface area contributed by atoms with Gasteiger partial charge in [-0.3, -0.25) is 0 Å². The summed E-state index contributed by atoms with van der Waals surface area (Å²) in [4.78, 5) is 15.9. The molecule has 1 aliphatic rings. The molecule has 1 N–H and O–H groups in total. The fourth-order valence-corrected chi connectivity index (χ4v) is 2.28. The second kappa shape index (κ2) is 8.32. The Bertz CT molecular complexity index is 248. The van der Waals surface area contributed by atoms with Crippen LogP contribution in [-0.2, 0) is 4.74 Å². The fourth-order valence-electron chi connectivity index (χ4n) is 2.28. The molecule has 5 nitrogen and oxygen atoms in total. The van der Waals surface area contributed by atoms with Crippen LogP contribution in [0.15, 0.2) is 0 Å². The van der Waals surface area contributed by atoms with Gasteiger partial charge >= 0.3 is 6.09 Å². The molecule has 5 heteroatoms. The molecule has 0 saturated carbocycles.